The van der Waals surface area contributed by atoms with Gasteiger partial charge in [-0.2, -0.15) is 0 Å². The van der Waals surface area contributed by atoms with Crippen molar-refractivity contribution in [2.75, 3.05) is 5.32 Å². The number of anilines is 1. The van der Waals surface area contributed by atoms with Crippen LogP contribution < -0.4 is 5.32 Å². The molecular formula is C21H18INO2. The molecule has 0 bridgehead atoms. The Morgan fingerprint density at radius 1 is 1.04 bits per heavy atom. The molecule has 0 spiro atoms. The number of amides is 1. The molecule has 1 heterocycles. The summed E-state index contributed by atoms with van der Waals surface area (Å²) in [6.07, 6.45) is 3.16. The second kappa shape index (κ2) is 7.70. The van der Waals surface area contributed by atoms with Gasteiger partial charge in [0.1, 0.15) is 11.5 Å². The number of carbonyl (C=O) groups excluding carboxylic acids is 1. The minimum absolute atomic E-state index is 0.183. The lowest BCUT2D eigenvalue weighted by Crippen LogP contribution is -2.08. The third kappa shape index (κ3) is 4.39. The first-order valence-corrected chi connectivity index (χ1v) is 9.02. The maximum atomic E-state index is 12.1. The van der Waals surface area contributed by atoms with Crippen molar-refractivity contribution in [3.05, 3.63) is 81.1 Å². The fourth-order valence-electron chi connectivity index (χ4n) is 2.56. The highest BCUT2D eigenvalue weighted by Gasteiger charge is 2.05. The first-order chi connectivity index (χ1) is 12.0. The van der Waals surface area contributed by atoms with E-state index in [1.807, 2.05) is 68.4 Å². The molecule has 1 N–H and O–H groups in total. The highest BCUT2D eigenvalue weighted by molar-refractivity contribution is 14.1. The van der Waals surface area contributed by atoms with E-state index in [4.69, 9.17) is 4.42 Å². The molecule has 4 heteroatoms. The van der Waals surface area contributed by atoms with Crippen molar-refractivity contribution in [1.82, 2.24) is 0 Å². The van der Waals surface area contributed by atoms with Gasteiger partial charge in [0.25, 0.3) is 0 Å². The van der Waals surface area contributed by atoms with Crippen LogP contribution in [0.2, 0.25) is 0 Å². The quantitative estimate of drug-likeness (QED) is 0.408. The van der Waals surface area contributed by atoms with Crippen LogP contribution in [0.3, 0.4) is 0 Å². The Morgan fingerprint density at radius 2 is 1.72 bits per heavy atom. The summed E-state index contributed by atoms with van der Waals surface area (Å²) in [5, 5.41) is 2.89. The molecule has 0 aliphatic heterocycles. The first kappa shape index (κ1) is 17.5. The van der Waals surface area contributed by atoms with Crippen LogP contribution >= 0.6 is 22.6 Å². The van der Waals surface area contributed by atoms with E-state index >= 15 is 0 Å². The van der Waals surface area contributed by atoms with Crippen LogP contribution in [0.4, 0.5) is 5.69 Å². The normalized spacial score (nSPS) is 11.0. The molecule has 3 rings (SSSR count). The SMILES string of the molecule is Cc1cc(NC(=O)/C=C/c2ccc(-c3ccccc3)o2)cc(C)c1I. The Labute approximate surface area is 160 Å². The lowest BCUT2D eigenvalue weighted by atomic mass is 10.1. The van der Waals surface area contributed by atoms with E-state index < -0.39 is 0 Å². The molecule has 0 unspecified atom stereocenters. The number of rotatable bonds is 4. The number of hydrogen-bond acceptors (Lipinski definition) is 2. The third-order valence-electron chi connectivity index (χ3n) is 3.79. The predicted molar refractivity (Wildman–Crippen MR) is 110 cm³/mol. The van der Waals surface area contributed by atoms with Gasteiger partial charge in [0, 0.05) is 20.9 Å². The molecule has 0 saturated carbocycles. The van der Waals surface area contributed by atoms with Crippen molar-refractivity contribution in [2.45, 2.75) is 13.8 Å². The summed E-state index contributed by atoms with van der Waals surface area (Å²) >= 11 is 2.31. The second-order valence-electron chi connectivity index (χ2n) is 5.81. The molecule has 3 nitrogen and oxygen atoms in total. The summed E-state index contributed by atoms with van der Waals surface area (Å²) < 4.78 is 6.97. The highest BCUT2D eigenvalue weighted by atomic mass is 127. The standard InChI is InChI=1S/C21H18INO2/c1-14-12-17(13-15(2)21(14)22)23-20(24)11-9-18-8-10-19(25-18)16-6-4-3-5-7-16/h3-13H,1-2H3,(H,23,24)/b11-9+. The first-order valence-electron chi connectivity index (χ1n) is 7.94. The van der Waals surface area contributed by atoms with E-state index in [1.165, 1.54) is 9.65 Å². The third-order valence-corrected chi connectivity index (χ3v) is 5.49. The number of nitrogens with one attached hydrogen (secondary N) is 1. The summed E-state index contributed by atoms with van der Waals surface area (Å²) in [4.78, 5) is 12.1. The molecule has 0 radical (unpaired) electrons. The van der Waals surface area contributed by atoms with Crippen molar-refractivity contribution >= 4 is 40.3 Å². The lowest BCUT2D eigenvalue weighted by Gasteiger charge is -2.08. The van der Waals surface area contributed by atoms with Crippen molar-refractivity contribution in [2.24, 2.45) is 0 Å². The molecule has 0 saturated heterocycles. The topological polar surface area (TPSA) is 42.2 Å². The average molecular weight is 443 g/mol. The second-order valence-corrected chi connectivity index (χ2v) is 6.89. The maximum absolute atomic E-state index is 12.1. The van der Waals surface area contributed by atoms with Gasteiger partial charge >= 0.3 is 0 Å². The molecule has 2 aromatic carbocycles. The number of carbonyl (C=O) groups is 1. The molecule has 0 atom stereocenters. The largest absolute Gasteiger partial charge is 0.457 e. The predicted octanol–water partition coefficient (Wildman–Crippen LogP) is 5.82. The van der Waals surface area contributed by atoms with Crippen molar-refractivity contribution in [3.8, 4) is 11.3 Å². The van der Waals surface area contributed by atoms with Crippen molar-refractivity contribution in [1.29, 1.82) is 0 Å². The van der Waals surface area contributed by atoms with Crippen LogP contribution in [0.25, 0.3) is 17.4 Å². The van der Waals surface area contributed by atoms with Gasteiger partial charge in [0.2, 0.25) is 5.91 Å². The highest BCUT2D eigenvalue weighted by Crippen LogP contribution is 2.23. The van der Waals surface area contributed by atoms with Crippen LogP contribution in [0.15, 0.2) is 65.1 Å². The summed E-state index contributed by atoms with van der Waals surface area (Å²) in [5.41, 5.74) is 4.11. The van der Waals surface area contributed by atoms with Crippen LogP contribution in [0.5, 0.6) is 0 Å². The Balaban J connectivity index is 1.68. The smallest absolute Gasteiger partial charge is 0.248 e. The van der Waals surface area contributed by atoms with Crippen molar-refractivity contribution in [3.63, 3.8) is 0 Å². The molecule has 0 fully saturated rings. The van der Waals surface area contributed by atoms with Gasteiger partial charge in [-0.1, -0.05) is 30.3 Å². The summed E-state index contributed by atoms with van der Waals surface area (Å²) in [6.45, 7) is 4.07. The molecule has 25 heavy (non-hydrogen) atoms. The summed E-state index contributed by atoms with van der Waals surface area (Å²) in [5.74, 6) is 1.24. The van der Waals surface area contributed by atoms with Crippen LogP contribution in [-0.4, -0.2) is 5.91 Å². The number of hydrogen-bond donors (Lipinski definition) is 1. The molecule has 126 valence electrons. The molecule has 1 aromatic heterocycles. The molecule has 0 aliphatic rings. The Kier molecular flexibility index (Phi) is 5.38. The summed E-state index contributed by atoms with van der Waals surface area (Å²) in [6, 6.07) is 17.6. The van der Waals surface area contributed by atoms with Gasteiger partial charge in [0.05, 0.1) is 0 Å². The van der Waals surface area contributed by atoms with Crippen molar-refractivity contribution < 1.29 is 9.21 Å². The Hall–Kier alpha value is -2.34. The fraction of sp³-hybridized carbons (Fsp3) is 0.0952. The minimum atomic E-state index is -0.183. The van der Waals surface area contributed by atoms with Crippen LogP contribution in [-0.2, 0) is 4.79 Å². The minimum Gasteiger partial charge on any atom is -0.457 e. The van der Waals surface area contributed by atoms with E-state index in [9.17, 15) is 4.79 Å². The zero-order chi connectivity index (χ0) is 17.8. The van der Waals surface area contributed by atoms with Crippen LogP contribution in [0.1, 0.15) is 16.9 Å². The zero-order valence-corrected chi connectivity index (χ0v) is 16.2. The number of aryl methyl sites for hydroxylation is 2. The van der Waals surface area contributed by atoms with Gasteiger partial charge < -0.3 is 9.73 Å². The lowest BCUT2D eigenvalue weighted by molar-refractivity contribution is -0.111. The summed E-state index contributed by atoms with van der Waals surface area (Å²) in [7, 11) is 0. The molecular weight excluding hydrogens is 425 g/mol. The number of benzene rings is 2. The van der Waals surface area contributed by atoms with Crippen LogP contribution in [0, 0.1) is 17.4 Å². The van der Waals surface area contributed by atoms with Gasteiger partial charge in [-0.05, 0) is 77.9 Å². The molecule has 1 amide bonds. The van der Waals surface area contributed by atoms with Gasteiger partial charge in [-0.25, -0.2) is 0 Å². The van der Waals surface area contributed by atoms with E-state index in [1.54, 1.807) is 6.08 Å². The van der Waals surface area contributed by atoms with E-state index in [0.717, 1.165) is 28.1 Å². The maximum Gasteiger partial charge on any atom is 0.248 e. The van der Waals surface area contributed by atoms with E-state index in [0.29, 0.717) is 5.76 Å². The zero-order valence-electron chi connectivity index (χ0n) is 14.0. The van der Waals surface area contributed by atoms with Gasteiger partial charge in [-0.3, -0.25) is 4.79 Å². The average Bonchev–Trinajstić information content (AvgIpc) is 3.08. The molecule has 0 aliphatic carbocycles. The number of halogens is 1. The van der Waals surface area contributed by atoms with E-state index in [2.05, 4.69) is 27.9 Å². The van der Waals surface area contributed by atoms with Gasteiger partial charge in [0.15, 0.2) is 0 Å². The Morgan fingerprint density at radius 3 is 2.40 bits per heavy atom. The van der Waals surface area contributed by atoms with E-state index in [-0.39, 0.29) is 5.91 Å². The fourth-order valence-corrected chi connectivity index (χ4v) is 2.87. The Bertz CT molecular complexity index is 903. The number of furan rings is 1. The molecule has 3 aromatic rings. The van der Waals surface area contributed by atoms with Gasteiger partial charge in [-0.15, -0.1) is 0 Å². The monoisotopic (exact) mass is 443 g/mol.